The van der Waals surface area contributed by atoms with E-state index in [1.54, 1.807) is 4.68 Å². The molecule has 25 heavy (non-hydrogen) atoms. The number of piperazine rings is 1. The molecule has 0 radical (unpaired) electrons. The third-order valence-electron chi connectivity index (χ3n) is 4.59. The fourth-order valence-electron chi connectivity index (χ4n) is 2.85. The van der Waals surface area contributed by atoms with Crippen molar-refractivity contribution in [1.29, 1.82) is 0 Å². The first-order valence-electron chi connectivity index (χ1n) is 7.94. The fraction of sp³-hybridized carbons (Fsp3) is 0.438. The molecule has 0 spiro atoms. The molecule has 6 nitrogen and oxygen atoms in total. The van der Waals surface area contributed by atoms with E-state index in [4.69, 9.17) is 0 Å². The molecule has 0 aliphatic carbocycles. The van der Waals surface area contributed by atoms with Crippen LogP contribution in [0.1, 0.15) is 11.3 Å². The van der Waals surface area contributed by atoms with Gasteiger partial charge in [0.2, 0.25) is 10.0 Å². The van der Waals surface area contributed by atoms with E-state index >= 15 is 0 Å². The van der Waals surface area contributed by atoms with Gasteiger partial charge in [-0.1, -0.05) is 0 Å². The molecule has 0 amide bonds. The number of benzene rings is 1. The normalized spacial score (nSPS) is 17.1. The Balaban J connectivity index is 1.67. The van der Waals surface area contributed by atoms with Crippen molar-refractivity contribution in [2.45, 2.75) is 18.4 Å². The lowest BCUT2D eigenvalue weighted by Gasteiger charge is -2.33. The Morgan fingerprint density at radius 3 is 2.36 bits per heavy atom. The molecule has 1 aliphatic heterocycles. The molecule has 0 unspecified atom stereocenters. The predicted molar refractivity (Wildman–Crippen MR) is 88.3 cm³/mol. The maximum Gasteiger partial charge on any atom is 0.243 e. The second-order valence-electron chi connectivity index (χ2n) is 6.13. The first-order chi connectivity index (χ1) is 11.8. The Hall–Kier alpha value is -1.84. The molecule has 0 bridgehead atoms. The van der Waals surface area contributed by atoms with Gasteiger partial charge in [-0.05, 0) is 25.1 Å². The van der Waals surface area contributed by atoms with Crippen LogP contribution in [0, 0.1) is 18.6 Å². The molecule has 0 N–H and O–H groups in total. The highest BCUT2D eigenvalue weighted by molar-refractivity contribution is 7.89. The minimum Gasteiger partial charge on any atom is -0.296 e. The van der Waals surface area contributed by atoms with Crippen molar-refractivity contribution >= 4 is 10.0 Å². The van der Waals surface area contributed by atoms with E-state index in [9.17, 15) is 17.2 Å². The van der Waals surface area contributed by atoms with Crippen LogP contribution in [0.5, 0.6) is 0 Å². The summed E-state index contributed by atoms with van der Waals surface area (Å²) in [5.41, 5.74) is 2.19. The summed E-state index contributed by atoms with van der Waals surface area (Å²) in [7, 11) is -1.94. The molecule has 3 rings (SSSR count). The smallest absolute Gasteiger partial charge is 0.243 e. The highest BCUT2D eigenvalue weighted by Gasteiger charge is 2.29. The summed E-state index contributed by atoms with van der Waals surface area (Å²) in [5.74, 6) is -2.22. The van der Waals surface area contributed by atoms with Crippen molar-refractivity contribution in [3.8, 4) is 0 Å². The van der Waals surface area contributed by atoms with E-state index in [0.29, 0.717) is 32.7 Å². The number of rotatable bonds is 4. The van der Waals surface area contributed by atoms with Crippen LogP contribution in [0.15, 0.2) is 29.3 Å². The molecular formula is C16H20F2N4O2S. The summed E-state index contributed by atoms with van der Waals surface area (Å²) in [6.07, 6.45) is 1.82. The second kappa shape index (κ2) is 6.81. The number of aromatic nitrogens is 2. The summed E-state index contributed by atoms with van der Waals surface area (Å²) in [5, 5.41) is 4.21. The van der Waals surface area contributed by atoms with Gasteiger partial charge in [0.05, 0.1) is 11.1 Å². The summed E-state index contributed by atoms with van der Waals surface area (Å²) < 4.78 is 54.6. The van der Waals surface area contributed by atoms with Gasteiger partial charge in [-0.25, -0.2) is 17.2 Å². The summed E-state index contributed by atoms with van der Waals surface area (Å²) in [6, 6.07) is 2.67. The molecule has 1 aliphatic rings. The maximum absolute atomic E-state index is 13.3. The van der Waals surface area contributed by atoms with Crippen molar-refractivity contribution in [2.24, 2.45) is 7.05 Å². The molecule has 1 saturated heterocycles. The average molecular weight is 370 g/mol. The first kappa shape index (κ1) is 18.0. The zero-order chi connectivity index (χ0) is 18.2. The van der Waals surface area contributed by atoms with Crippen molar-refractivity contribution < 1.29 is 17.2 Å². The number of aryl methyl sites for hydroxylation is 1. The van der Waals surface area contributed by atoms with Crippen LogP contribution in [0.25, 0.3) is 0 Å². The van der Waals surface area contributed by atoms with E-state index < -0.39 is 21.7 Å². The van der Waals surface area contributed by atoms with Crippen molar-refractivity contribution in [1.82, 2.24) is 19.0 Å². The summed E-state index contributed by atoms with van der Waals surface area (Å²) >= 11 is 0. The van der Waals surface area contributed by atoms with Crippen molar-refractivity contribution in [3.63, 3.8) is 0 Å². The second-order valence-corrected chi connectivity index (χ2v) is 8.07. The Labute approximate surface area is 145 Å². The molecule has 2 heterocycles. The number of hydrogen-bond acceptors (Lipinski definition) is 4. The minimum atomic E-state index is -3.82. The van der Waals surface area contributed by atoms with Crippen LogP contribution in [0.4, 0.5) is 8.78 Å². The number of hydrogen-bond donors (Lipinski definition) is 0. The summed E-state index contributed by atoms with van der Waals surface area (Å²) in [4.78, 5) is 1.93. The highest BCUT2D eigenvalue weighted by Crippen LogP contribution is 2.20. The topological polar surface area (TPSA) is 58.4 Å². The minimum absolute atomic E-state index is 0.219. The van der Waals surface area contributed by atoms with Gasteiger partial charge < -0.3 is 0 Å². The third-order valence-corrected chi connectivity index (χ3v) is 6.49. The van der Waals surface area contributed by atoms with E-state index in [0.717, 1.165) is 29.5 Å². The van der Waals surface area contributed by atoms with E-state index in [1.165, 1.54) is 4.31 Å². The Kier molecular flexibility index (Phi) is 4.90. The van der Waals surface area contributed by atoms with Gasteiger partial charge in [-0.3, -0.25) is 9.58 Å². The molecule has 2 aromatic rings. The summed E-state index contributed by atoms with van der Waals surface area (Å²) in [6.45, 7) is 4.45. The van der Waals surface area contributed by atoms with Gasteiger partial charge >= 0.3 is 0 Å². The Morgan fingerprint density at radius 1 is 1.12 bits per heavy atom. The van der Waals surface area contributed by atoms with Crippen LogP contribution in [-0.2, 0) is 23.6 Å². The standard InChI is InChI=1S/C16H20F2N4O2S/c1-12-13(10-19-20(12)2)11-21-5-7-22(8-6-21)25(23,24)14-3-4-15(17)16(18)9-14/h3-4,9-10H,5-8,11H2,1-2H3. The lowest BCUT2D eigenvalue weighted by Crippen LogP contribution is -2.48. The molecule has 1 fully saturated rings. The van der Waals surface area contributed by atoms with Crippen LogP contribution in [0.3, 0.4) is 0 Å². The SMILES string of the molecule is Cc1c(CN2CCN(S(=O)(=O)c3ccc(F)c(F)c3)CC2)cnn1C. The lowest BCUT2D eigenvalue weighted by molar-refractivity contribution is 0.181. The molecule has 1 aromatic heterocycles. The van der Waals surface area contributed by atoms with Gasteiger partial charge in [0.1, 0.15) is 0 Å². The molecule has 0 saturated carbocycles. The highest BCUT2D eigenvalue weighted by atomic mass is 32.2. The predicted octanol–water partition coefficient (Wildman–Crippen LogP) is 1.51. The molecule has 136 valence electrons. The lowest BCUT2D eigenvalue weighted by atomic mass is 10.2. The number of nitrogens with zero attached hydrogens (tertiary/aromatic N) is 4. The average Bonchev–Trinajstić information content (AvgIpc) is 2.90. The van der Waals surface area contributed by atoms with Crippen LogP contribution < -0.4 is 0 Å². The third kappa shape index (κ3) is 3.58. The van der Waals surface area contributed by atoms with Crippen molar-refractivity contribution in [2.75, 3.05) is 26.2 Å². The Bertz CT molecular complexity index is 874. The molecule has 9 heteroatoms. The number of sulfonamides is 1. The number of halogens is 2. The van der Waals surface area contributed by atoms with Gasteiger partial charge in [0, 0.05) is 51.0 Å². The van der Waals surface area contributed by atoms with E-state index in [1.807, 2.05) is 20.2 Å². The van der Waals surface area contributed by atoms with Gasteiger partial charge in [0.15, 0.2) is 11.6 Å². The Morgan fingerprint density at radius 2 is 1.80 bits per heavy atom. The quantitative estimate of drug-likeness (QED) is 0.819. The fourth-order valence-corrected chi connectivity index (χ4v) is 4.29. The largest absolute Gasteiger partial charge is 0.296 e. The zero-order valence-corrected chi connectivity index (χ0v) is 14.9. The molecular weight excluding hydrogens is 350 g/mol. The molecule has 0 atom stereocenters. The van der Waals surface area contributed by atoms with Gasteiger partial charge in [-0.2, -0.15) is 9.40 Å². The first-order valence-corrected chi connectivity index (χ1v) is 9.38. The zero-order valence-electron chi connectivity index (χ0n) is 14.1. The maximum atomic E-state index is 13.3. The monoisotopic (exact) mass is 370 g/mol. The van der Waals surface area contributed by atoms with Crippen LogP contribution in [0.2, 0.25) is 0 Å². The van der Waals surface area contributed by atoms with E-state index in [-0.39, 0.29) is 4.90 Å². The van der Waals surface area contributed by atoms with Gasteiger partial charge in [0.25, 0.3) is 0 Å². The van der Waals surface area contributed by atoms with E-state index in [2.05, 4.69) is 10.00 Å². The van der Waals surface area contributed by atoms with Gasteiger partial charge in [-0.15, -0.1) is 0 Å². The molecule has 1 aromatic carbocycles. The van der Waals surface area contributed by atoms with Crippen LogP contribution >= 0.6 is 0 Å². The van der Waals surface area contributed by atoms with Crippen molar-refractivity contribution in [3.05, 3.63) is 47.3 Å². The van der Waals surface area contributed by atoms with Crippen LogP contribution in [-0.4, -0.2) is 53.6 Å².